The molecule has 3 heterocycles. The molecular weight excluding hydrogens is 316 g/mol. The minimum atomic E-state index is 0.0751. The topological polar surface area (TPSA) is 67.2 Å². The number of benzene rings is 1. The van der Waals surface area contributed by atoms with Crippen LogP contribution in [0.4, 0.5) is 0 Å². The Kier molecular flexibility index (Phi) is 3.83. The molecule has 1 aromatic heterocycles. The third-order valence-corrected chi connectivity index (χ3v) is 5.53. The van der Waals surface area contributed by atoms with E-state index in [4.69, 9.17) is 0 Å². The number of hydrogen-bond donors (Lipinski definition) is 0. The number of tetrazole rings is 1. The molecule has 0 bridgehead atoms. The van der Waals surface area contributed by atoms with Gasteiger partial charge in [-0.25, -0.2) is 0 Å². The molecule has 0 spiro atoms. The van der Waals surface area contributed by atoms with E-state index < -0.39 is 0 Å². The van der Waals surface area contributed by atoms with Crippen molar-refractivity contribution < 1.29 is 4.79 Å². The zero-order chi connectivity index (χ0) is 17.6. The maximum atomic E-state index is 12.6. The van der Waals surface area contributed by atoms with Crippen molar-refractivity contribution in [3.63, 3.8) is 0 Å². The monoisotopic (exact) mass is 340 g/mol. The van der Waals surface area contributed by atoms with Crippen LogP contribution in [0.25, 0.3) is 11.4 Å². The van der Waals surface area contributed by atoms with Crippen LogP contribution in [-0.2, 0) is 11.3 Å². The molecule has 7 heteroatoms. The molecule has 0 saturated carbocycles. The van der Waals surface area contributed by atoms with Crippen LogP contribution in [0.5, 0.6) is 0 Å². The Morgan fingerprint density at radius 1 is 1.24 bits per heavy atom. The summed E-state index contributed by atoms with van der Waals surface area (Å²) in [6, 6.07) is 7.97. The normalized spacial score (nSPS) is 26.2. The van der Waals surface area contributed by atoms with E-state index in [1.54, 1.807) is 0 Å². The molecule has 25 heavy (non-hydrogen) atoms. The molecule has 2 atom stereocenters. The Labute approximate surface area is 147 Å². The van der Waals surface area contributed by atoms with Gasteiger partial charge < -0.3 is 9.80 Å². The average molecular weight is 340 g/mol. The SMILES string of the molecule is Cc1ccc(-c2nnn(CC(=O)N3C[C@H]4CN(C)C[C@@]4(C)C3)n2)cc1. The summed E-state index contributed by atoms with van der Waals surface area (Å²) in [7, 11) is 2.15. The van der Waals surface area contributed by atoms with Crippen LogP contribution >= 0.6 is 0 Å². The van der Waals surface area contributed by atoms with Crippen LogP contribution in [-0.4, -0.2) is 69.1 Å². The lowest BCUT2D eigenvalue weighted by atomic mass is 9.83. The van der Waals surface area contributed by atoms with Crippen LogP contribution < -0.4 is 0 Å². The lowest BCUT2D eigenvalue weighted by Gasteiger charge is -2.23. The maximum Gasteiger partial charge on any atom is 0.246 e. The molecule has 132 valence electrons. The molecule has 2 aromatic rings. The van der Waals surface area contributed by atoms with Gasteiger partial charge in [-0.3, -0.25) is 4.79 Å². The highest BCUT2D eigenvalue weighted by Crippen LogP contribution is 2.41. The minimum Gasteiger partial charge on any atom is -0.340 e. The van der Waals surface area contributed by atoms with Crippen molar-refractivity contribution in [2.45, 2.75) is 20.4 Å². The van der Waals surface area contributed by atoms with Gasteiger partial charge in [-0.15, -0.1) is 10.2 Å². The van der Waals surface area contributed by atoms with Crippen LogP contribution in [0.2, 0.25) is 0 Å². The van der Waals surface area contributed by atoms with Crippen LogP contribution in [0, 0.1) is 18.3 Å². The highest BCUT2D eigenvalue weighted by molar-refractivity contribution is 5.76. The Hall–Kier alpha value is -2.28. The molecule has 1 aromatic carbocycles. The molecule has 4 rings (SSSR count). The number of aryl methyl sites for hydroxylation is 1. The number of nitrogens with zero attached hydrogens (tertiary/aromatic N) is 6. The number of rotatable bonds is 3. The third-order valence-electron chi connectivity index (χ3n) is 5.53. The zero-order valence-electron chi connectivity index (χ0n) is 15.0. The van der Waals surface area contributed by atoms with E-state index in [0.717, 1.165) is 31.7 Å². The second-order valence-corrected chi connectivity index (χ2v) is 7.83. The summed E-state index contributed by atoms with van der Waals surface area (Å²) in [6.45, 7) is 8.26. The lowest BCUT2D eigenvalue weighted by molar-refractivity contribution is -0.131. The zero-order valence-corrected chi connectivity index (χ0v) is 15.0. The van der Waals surface area contributed by atoms with Crippen molar-refractivity contribution in [3.8, 4) is 11.4 Å². The third kappa shape index (κ3) is 3.04. The molecule has 0 radical (unpaired) electrons. The predicted octanol–water partition coefficient (Wildman–Crippen LogP) is 1.06. The van der Waals surface area contributed by atoms with Crippen LogP contribution in [0.15, 0.2) is 24.3 Å². The van der Waals surface area contributed by atoms with E-state index in [1.165, 1.54) is 10.4 Å². The van der Waals surface area contributed by atoms with Gasteiger partial charge in [0.2, 0.25) is 11.7 Å². The van der Waals surface area contributed by atoms with E-state index in [1.807, 2.05) is 36.1 Å². The molecule has 1 amide bonds. The Bertz CT molecular complexity index is 785. The Morgan fingerprint density at radius 3 is 2.72 bits per heavy atom. The maximum absolute atomic E-state index is 12.6. The standard InChI is InChI=1S/C18H24N6O/c1-13-4-6-14(7-5-13)17-19-21-24(20-17)10-16(25)23-9-15-8-22(3)11-18(15,2)12-23/h4-7,15H,8-12H2,1-3H3/t15-,18+/m1/s1. The second-order valence-electron chi connectivity index (χ2n) is 7.83. The lowest BCUT2D eigenvalue weighted by Crippen LogP contribution is -2.36. The molecule has 2 saturated heterocycles. The van der Waals surface area contributed by atoms with Gasteiger partial charge in [-0.1, -0.05) is 36.8 Å². The van der Waals surface area contributed by atoms with E-state index in [0.29, 0.717) is 11.7 Å². The second kappa shape index (κ2) is 5.91. The number of hydrogen-bond acceptors (Lipinski definition) is 5. The number of likely N-dealkylation sites (tertiary alicyclic amines) is 2. The molecule has 2 aliphatic heterocycles. The van der Waals surface area contributed by atoms with Gasteiger partial charge in [0.1, 0.15) is 6.54 Å². The first kappa shape index (κ1) is 16.2. The van der Waals surface area contributed by atoms with Crippen LogP contribution in [0.1, 0.15) is 12.5 Å². The molecule has 7 nitrogen and oxygen atoms in total. The summed E-state index contributed by atoms with van der Waals surface area (Å²) < 4.78 is 0. The molecule has 0 N–H and O–H groups in total. The smallest absolute Gasteiger partial charge is 0.246 e. The average Bonchev–Trinajstić information content (AvgIpc) is 3.20. The van der Waals surface area contributed by atoms with E-state index in [9.17, 15) is 4.79 Å². The first-order chi connectivity index (χ1) is 11.9. The van der Waals surface area contributed by atoms with Gasteiger partial charge in [0.25, 0.3) is 0 Å². The van der Waals surface area contributed by atoms with Crippen molar-refractivity contribution in [3.05, 3.63) is 29.8 Å². The van der Waals surface area contributed by atoms with Gasteiger partial charge in [0, 0.05) is 37.2 Å². The highest BCUT2D eigenvalue weighted by atomic mass is 16.2. The molecule has 2 fully saturated rings. The minimum absolute atomic E-state index is 0.0751. The predicted molar refractivity (Wildman–Crippen MR) is 93.7 cm³/mol. The van der Waals surface area contributed by atoms with E-state index >= 15 is 0 Å². The first-order valence-corrected chi connectivity index (χ1v) is 8.74. The first-order valence-electron chi connectivity index (χ1n) is 8.74. The number of fused-ring (bicyclic) bond motifs is 1. The largest absolute Gasteiger partial charge is 0.340 e. The van der Waals surface area contributed by atoms with Gasteiger partial charge in [-0.2, -0.15) is 4.80 Å². The molecule has 2 aliphatic rings. The van der Waals surface area contributed by atoms with Gasteiger partial charge in [0.15, 0.2) is 0 Å². The Balaban J connectivity index is 1.42. The fourth-order valence-corrected chi connectivity index (χ4v) is 4.17. The summed E-state index contributed by atoms with van der Waals surface area (Å²) >= 11 is 0. The quantitative estimate of drug-likeness (QED) is 0.836. The number of carbonyl (C=O) groups excluding carboxylic acids is 1. The summed E-state index contributed by atoms with van der Waals surface area (Å²) in [6.07, 6.45) is 0. The van der Waals surface area contributed by atoms with Gasteiger partial charge in [0.05, 0.1) is 0 Å². The van der Waals surface area contributed by atoms with Crippen molar-refractivity contribution in [2.24, 2.45) is 11.3 Å². The number of aromatic nitrogens is 4. The fraction of sp³-hybridized carbons (Fsp3) is 0.556. The highest BCUT2D eigenvalue weighted by Gasteiger charge is 2.49. The van der Waals surface area contributed by atoms with Gasteiger partial charge >= 0.3 is 0 Å². The van der Waals surface area contributed by atoms with Crippen molar-refractivity contribution in [2.75, 3.05) is 33.2 Å². The molecular formula is C18H24N6O. The fourth-order valence-electron chi connectivity index (χ4n) is 4.17. The summed E-state index contributed by atoms with van der Waals surface area (Å²) in [5.41, 5.74) is 2.31. The molecule has 0 aliphatic carbocycles. The number of amides is 1. The number of carbonyl (C=O) groups is 1. The van der Waals surface area contributed by atoms with Gasteiger partial charge in [-0.05, 0) is 25.1 Å². The van der Waals surface area contributed by atoms with Crippen molar-refractivity contribution >= 4 is 5.91 Å². The summed E-state index contributed by atoms with van der Waals surface area (Å²) in [4.78, 5) is 18.4. The van der Waals surface area contributed by atoms with E-state index in [2.05, 4.69) is 34.3 Å². The van der Waals surface area contributed by atoms with Crippen LogP contribution in [0.3, 0.4) is 0 Å². The van der Waals surface area contributed by atoms with E-state index in [-0.39, 0.29) is 17.9 Å². The van der Waals surface area contributed by atoms with Crippen molar-refractivity contribution in [1.82, 2.24) is 30.0 Å². The Morgan fingerprint density at radius 2 is 2.00 bits per heavy atom. The van der Waals surface area contributed by atoms with Crippen molar-refractivity contribution in [1.29, 1.82) is 0 Å². The molecule has 0 unspecified atom stereocenters. The summed E-state index contributed by atoms with van der Waals surface area (Å²) in [5.74, 6) is 1.19. The summed E-state index contributed by atoms with van der Waals surface area (Å²) in [5, 5.41) is 12.5.